The standard InChI is InChI=1S/C26H58N2O2Si/c1-7-11-15-19-23-27(24-20-16-12-8-2)31(29-5,30-6)28(25-21-17-13-9-3)26-22-18-14-10-4/h7-26H2,1-6H3. The van der Waals surface area contributed by atoms with E-state index in [-0.39, 0.29) is 0 Å². The van der Waals surface area contributed by atoms with Gasteiger partial charge in [-0.15, -0.1) is 0 Å². The summed E-state index contributed by atoms with van der Waals surface area (Å²) in [6.45, 7) is 13.6. The molecule has 31 heavy (non-hydrogen) atoms. The summed E-state index contributed by atoms with van der Waals surface area (Å²) in [6, 6.07) is 0. The summed E-state index contributed by atoms with van der Waals surface area (Å²) in [7, 11) is 1.24. The molecule has 0 aliphatic carbocycles. The van der Waals surface area contributed by atoms with Gasteiger partial charge in [-0.2, -0.15) is 0 Å². The van der Waals surface area contributed by atoms with Crippen LogP contribution in [0.5, 0.6) is 0 Å². The molecule has 5 heteroatoms. The van der Waals surface area contributed by atoms with Gasteiger partial charge in [-0.3, -0.25) is 9.13 Å². The molecule has 0 saturated carbocycles. The first-order chi connectivity index (χ1) is 15.2. The topological polar surface area (TPSA) is 24.9 Å². The molecule has 0 bridgehead atoms. The first-order valence-corrected chi connectivity index (χ1v) is 15.5. The van der Waals surface area contributed by atoms with E-state index in [9.17, 15) is 0 Å². The van der Waals surface area contributed by atoms with Crippen molar-refractivity contribution in [2.45, 2.75) is 130 Å². The van der Waals surface area contributed by atoms with Gasteiger partial charge in [0.25, 0.3) is 0 Å². The molecule has 0 aromatic heterocycles. The highest BCUT2D eigenvalue weighted by Crippen LogP contribution is 2.22. The van der Waals surface area contributed by atoms with E-state index >= 15 is 0 Å². The molecule has 0 unspecified atom stereocenters. The van der Waals surface area contributed by atoms with Crippen LogP contribution in [0.4, 0.5) is 0 Å². The van der Waals surface area contributed by atoms with E-state index in [4.69, 9.17) is 8.85 Å². The van der Waals surface area contributed by atoms with Gasteiger partial charge in [-0.05, 0) is 51.9 Å². The summed E-state index contributed by atoms with van der Waals surface area (Å²) in [6.07, 6.45) is 20.7. The van der Waals surface area contributed by atoms with Crippen LogP contribution in [0.2, 0.25) is 0 Å². The summed E-state index contributed by atoms with van der Waals surface area (Å²) >= 11 is 0. The summed E-state index contributed by atoms with van der Waals surface area (Å²) in [5.74, 6) is 0. The van der Waals surface area contributed by atoms with Gasteiger partial charge in [-0.25, -0.2) is 0 Å². The van der Waals surface area contributed by atoms with E-state index in [2.05, 4.69) is 36.8 Å². The van der Waals surface area contributed by atoms with Gasteiger partial charge in [-0.1, -0.05) is 105 Å². The van der Waals surface area contributed by atoms with E-state index in [0.717, 1.165) is 26.2 Å². The van der Waals surface area contributed by atoms with Crippen LogP contribution in [0.25, 0.3) is 0 Å². The molecule has 188 valence electrons. The molecule has 0 fully saturated rings. The second-order valence-electron chi connectivity index (χ2n) is 9.17. The van der Waals surface area contributed by atoms with Crippen LogP contribution in [0, 0.1) is 0 Å². The zero-order valence-electron chi connectivity index (χ0n) is 22.4. The van der Waals surface area contributed by atoms with Crippen molar-refractivity contribution >= 4 is 8.88 Å². The van der Waals surface area contributed by atoms with Crippen molar-refractivity contribution < 1.29 is 8.85 Å². The van der Waals surface area contributed by atoms with Crippen molar-refractivity contribution in [3.63, 3.8) is 0 Å². The first-order valence-electron chi connectivity index (χ1n) is 13.8. The van der Waals surface area contributed by atoms with E-state index in [0.29, 0.717) is 0 Å². The van der Waals surface area contributed by atoms with Gasteiger partial charge < -0.3 is 8.85 Å². The Kier molecular flexibility index (Phi) is 21.9. The number of unbranched alkanes of at least 4 members (excludes halogenated alkanes) is 12. The molecule has 0 aliphatic heterocycles. The highest BCUT2D eigenvalue weighted by Gasteiger charge is 2.49. The van der Waals surface area contributed by atoms with Crippen LogP contribution >= 0.6 is 0 Å². The van der Waals surface area contributed by atoms with Gasteiger partial charge in [0.05, 0.1) is 0 Å². The SMILES string of the molecule is CCCCCCN(CCCCCC)[Si](OC)(OC)N(CCCCCC)CCCCCC. The van der Waals surface area contributed by atoms with Crippen molar-refractivity contribution in [3.05, 3.63) is 0 Å². The molecule has 0 rings (SSSR count). The number of hydrogen-bond donors (Lipinski definition) is 0. The number of hydrogen-bond acceptors (Lipinski definition) is 4. The van der Waals surface area contributed by atoms with Crippen LogP contribution < -0.4 is 0 Å². The lowest BCUT2D eigenvalue weighted by atomic mass is 10.2. The molecule has 0 aromatic carbocycles. The molecule has 0 saturated heterocycles. The third-order valence-electron chi connectivity index (χ3n) is 6.46. The molecule has 0 N–H and O–H groups in total. The summed E-state index contributed by atoms with van der Waals surface area (Å²) in [5, 5.41) is 0. The zero-order chi connectivity index (χ0) is 23.2. The summed E-state index contributed by atoms with van der Waals surface area (Å²) in [5.41, 5.74) is 0. The molecule has 0 atom stereocenters. The Bertz CT molecular complexity index is 313. The third kappa shape index (κ3) is 13.4. The minimum absolute atomic E-state index is 1.11. The van der Waals surface area contributed by atoms with E-state index in [1.807, 2.05) is 14.2 Å². The largest absolute Gasteiger partial charge is 0.521 e. The molecule has 0 heterocycles. The quantitative estimate of drug-likeness (QED) is 0.110. The molecule has 0 aliphatic rings. The van der Waals surface area contributed by atoms with Crippen LogP contribution in [-0.4, -0.2) is 58.4 Å². The molecular weight excluding hydrogens is 400 g/mol. The van der Waals surface area contributed by atoms with Crippen LogP contribution in [0.3, 0.4) is 0 Å². The Morgan fingerprint density at radius 2 is 0.677 bits per heavy atom. The second kappa shape index (κ2) is 21.9. The predicted molar refractivity (Wildman–Crippen MR) is 139 cm³/mol. The van der Waals surface area contributed by atoms with Crippen LogP contribution in [0.15, 0.2) is 0 Å². The molecule has 0 amide bonds. The Morgan fingerprint density at radius 1 is 0.419 bits per heavy atom. The minimum Gasteiger partial charge on any atom is -0.374 e. The average molecular weight is 459 g/mol. The maximum atomic E-state index is 6.41. The Hall–Kier alpha value is 0.0569. The summed E-state index contributed by atoms with van der Waals surface area (Å²) in [4.78, 5) is 0. The third-order valence-corrected chi connectivity index (χ3v) is 10.0. The lowest BCUT2D eigenvalue weighted by molar-refractivity contribution is 0.0887. The smallest absolute Gasteiger partial charge is 0.374 e. The van der Waals surface area contributed by atoms with E-state index in [1.165, 1.54) is 103 Å². The van der Waals surface area contributed by atoms with Crippen molar-refractivity contribution in [3.8, 4) is 0 Å². The van der Waals surface area contributed by atoms with Gasteiger partial charge >= 0.3 is 8.88 Å². The maximum absolute atomic E-state index is 6.41. The fourth-order valence-corrected chi connectivity index (χ4v) is 7.87. The van der Waals surface area contributed by atoms with E-state index < -0.39 is 8.88 Å². The second-order valence-corrected chi connectivity index (χ2v) is 12.4. The molecule has 0 spiro atoms. The van der Waals surface area contributed by atoms with Crippen molar-refractivity contribution in [1.82, 2.24) is 9.13 Å². The molecule has 0 radical (unpaired) electrons. The van der Waals surface area contributed by atoms with E-state index in [1.54, 1.807) is 0 Å². The lowest BCUT2D eigenvalue weighted by Crippen LogP contribution is -2.69. The lowest BCUT2D eigenvalue weighted by Gasteiger charge is -2.44. The van der Waals surface area contributed by atoms with Gasteiger partial charge in [0.15, 0.2) is 0 Å². The number of rotatable bonds is 24. The highest BCUT2D eigenvalue weighted by molar-refractivity contribution is 6.61. The molecule has 0 aromatic rings. The highest BCUT2D eigenvalue weighted by atomic mass is 28.4. The monoisotopic (exact) mass is 458 g/mol. The van der Waals surface area contributed by atoms with Crippen LogP contribution in [-0.2, 0) is 8.85 Å². The normalized spacial score (nSPS) is 12.4. The number of nitrogens with zero attached hydrogens (tertiary/aromatic N) is 2. The van der Waals surface area contributed by atoms with Gasteiger partial charge in [0, 0.05) is 14.2 Å². The summed E-state index contributed by atoms with van der Waals surface area (Å²) < 4.78 is 18.1. The first kappa shape index (κ1) is 31.1. The van der Waals surface area contributed by atoms with Crippen LogP contribution in [0.1, 0.15) is 130 Å². The van der Waals surface area contributed by atoms with Gasteiger partial charge in [0.2, 0.25) is 0 Å². The maximum Gasteiger partial charge on any atom is 0.521 e. The minimum atomic E-state index is -2.58. The van der Waals surface area contributed by atoms with Crippen molar-refractivity contribution in [1.29, 1.82) is 0 Å². The molecule has 4 nitrogen and oxygen atoms in total. The Labute approximate surface area is 197 Å². The Morgan fingerprint density at radius 3 is 0.871 bits per heavy atom. The fraction of sp³-hybridized carbons (Fsp3) is 1.00. The van der Waals surface area contributed by atoms with Gasteiger partial charge in [0.1, 0.15) is 0 Å². The average Bonchev–Trinajstić information content (AvgIpc) is 2.79. The predicted octanol–water partition coefficient (Wildman–Crippen LogP) is 7.64. The van der Waals surface area contributed by atoms with Crippen molar-refractivity contribution in [2.75, 3.05) is 40.4 Å². The molecular formula is C26H58N2O2Si. The Balaban J connectivity index is 5.41. The van der Waals surface area contributed by atoms with Crippen molar-refractivity contribution in [2.24, 2.45) is 0 Å². The zero-order valence-corrected chi connectivity index (χ0v) is 23.4. The fourth-order valence-electron chi connectivity index (χ4n) is 4.51.